The van der Waals surface area contributed by atoms with E-state index in [1.807, 2.05) is 6.92 Å². The van der Waals surface area contributed by atoms with Gasteiger partial charge in [-0.15, -0.1) is 0 Å². The van der Waals surface area contributed by atoms with Crippen molar-refractivity contribution in [2.45, 2.75) is 39.2 Å². The van der Waals surface area contributed by atoms with Crippen molar-refractivity contribution < 1.29 is 28.6 Å². The summed E-state index contributed by atoms with van der Waals surface area (Å²) in [5.41, 5.74) is -1.08. The van der Waals surface area contributed by atoms with Gasteiger partial charge in [0.2, 0.25) is 0 Å². The SMILES string of the molecule is CCCCN(C(=O)OC)C(C)(C)/C(=C/C(=O)OC)C(=O)OC. The molecule has 0 bridgehead atoms. The number of unbranched alkanes of at least 4 members (excludes halogenated alkanes) is 1. The van der Waals surface area contributed by atoms with E-state index in [4.69, 9.17) is 9.47 Å². The van der Waals surface area contributed by atoms with Crippen LogP contribution >= 0.6 is 0 Å². The summed E-state index contributed by atoms with van der Waals surface area (Å²) in [4.78, 5) is 37.0. The molecule has 1 amide bonds. The van der Waals surface area contributed by atoms with Crippen LogP contribution in [0.4, 0.5) is 4.79 Å². The van der Waals surface area contributed by atoms with Gasteiger partial charge in [-0.2, -0.15) is 0 Å². The van der Waals surface area contributed by atoms with E-state index in [-0.39, 0.29) is 5.57 Å². The minimum absolute atomic E-state index is 0.0170. The maximum absolute atomic E-state index is 12.0. The summed E-state index contributed by atoms with van der Waals surface area (Å²) in [5.74, 6) is -1.41. The Hall–Kier alpha value is -2.05. The number of esters is 2. The van der Waals surface area contributed by atoms with Gasteiger partial charge in [0.25, 0.3) is 0 Å². The maximum atomic E-state index is 12.0. The summed E-state index contributed by atoms with van der Waals surface area (Å²) >= 11 is 0. The lowest BCUT2D eigenvalue weighted by Gasteiger charge is -2.38. The highest BCUT2D eigenvalue weighted by Crippen LogP contribution is 2.27. The third kappa shape index (κ3) is 5.05. The van der Waals surface area contributed by atoms with Crippen LogP contribution < -0.4 is 0 Å². The normalized spacial score (nSPS) is 11.6. The molecule has 0 fully saturated rings. The Morgan fingerprint density at radius 3 is 2.05 bits per heavy atom. The lowest BCUT2D eigenvalue weighted by atomic mass is 9.91. The predicted octanol–water partition coefficient (Wildman–Crippen LogP) is 1.91. The Morgan fingerprint density at radius 2 is 1.64 bits per heavy atom. The van der Waals surface area contributed by atoms with Crippen LogP contribution in [0, 0.1) is 0 Å². The van der Waals surface area contributed by atoms with Crippen LogP contribution in [0.3, 0.4) is 0 Å². The molecular weight excluding hydrogens is 290 g/mol. The molecule has 22 heavy (non-hydrogen) atoms. The Balaban J connectivity index is 5.79. The van der Waals surface area contributed by atoms with Crippen LogP contribution in [0.2, 0.25) is 0 Å². The highest BCUT2D eigenvalue weighted by Gasteiger charge is 2.39. The Morgan fingerprint density at radius 1 is 1.05 bits per heavy atom. The predicted molar refractivity (Wildman–Crippen MR) is 80.2 cm³/mol. The number of ether oxygens (including phenoxy) is 3. The van der Waals surface area contributed by atoms with Gasteiger partial charge in [0.15, 0.2) is 0 Å². The first-order valence-electron chi connectivity index (χ1n) is 7.00. The second-order valence-electron chi connectivity index (χ2n) is 5.11. The minimum Gasteiger partial charge on any atom is -0.466 e. The zero-order valence-corrected chi connectivity index (χ0v) is 14.1. The van der Waals surface area contributed by atoms with Crippen molar-refractivity contribution in [2.24, 2.45) is 0 Å². The summed E-state index contributed by atoms with van der Waals surface area (Å²) in [6.45, 7) is 5.65. The van der Waals surface area contributed by atoms with Gasteiger partial charge < -0.3 is 14.2 Å². The number of methoxy groups -OCH3 is 3. The van der Waals surface area contributed by atoms with Crippen molar-refractivity contribution >= 4 is 18.0 Å². The molecule has 0 rings (SSSR count). The van der Waals surface area contributed by atoms with Crippen LogP contribution in [-0.2, 0) is 23.8 Å². The number of nitrogens with zero attached hydrogens (tertiary/aromatic N) is 1. The van der Waals surface area contributed by atoms with Crippen molar-refractivity contribution in [1.29, 1.82) is 0 Å². The fourth-order valence-corrected chi connectivity index (χ4v) is 1.94. The second kappa shape index (κ2) is 9.07. The van der Waals surface area contributed by atoms with Crippen LogP contribution in [0.5, 0.6) is 0 Å². The number of amides is 1. The van der Waals surface area contributed by atoms with Gasteiger partial charge in [-0.05, 0) is 20.3 Å². The quantitative estimate of drug-likeness (QED) is 0.405. The number of carbonyl (C=O) groups is 3. The molecule has 0 saturated heterocycles. The number of hydrogen-bond donors (Lipinski definition) is 0. The smallest absolute Gasteiger partial charge is 0.410 e. The topological polar surface area (TPSA) is 82.1 Å². The van der Waals surface area contributed by atoms with E-state index < -0.39 is 23.6 Å². The highest BCUT2D eigenvalue weighted by molar-refractivity contribution is 5.98. The van der Waals surface area contributed by atoms with Crippen LogP contribution in [0.15, 0.2) is 11.6 Å². The molecule has 0 saturated carbocycles. The lowest BCUT2D eigenvalue weighted by Crippen LogP contribution is -2.51. The van der Waals surface area contributed by atoms with E-state index in [1.165, 1.54) is 26.2 Å². The monoisotopic (exact) mass is 315 g/mol. The molecule has 0 N–H and O–H groups in total. The van der Waals surface area contributed by atoms with E-state index in [1.54, 1.807) is 13.8 Å². The Labute approximate surface area is 131 Å². The number of carbonyl (C=O) groups excluding carboxylic acids is 3. The molecule has 0 aliphatic carbocycles. The van der Waals surface area contributed by atoms with Crippen LogP contribution in [0.25, 0.3) is 0 Å². The van der Waals surface area contributed by atoms with Crippen molar-refractivity contribution in [3.8, 4) is 0 Å². The molecule has 0 aliphatic heterocycles. The van der Waals surface area contributed by atoms with Gasteiger partial charge in [0.05, 0.1) is 32.4 Å². The van der Waals surface area contributed by atoms with Gasteiger partial charge in [-0.3, -0.25) is 4.90 Å². The highest BCUT2D eigenvalue weighted by atomic mass is 16.5. The van der Waals surface area contributed by atoms with Crippen molar-refractivity contribution in [3.05, 3.63) is 11.6 Å². The number of rotatable bonds is 7. The molecular formula is C15H25NO6. The molecule has 0 atom stereocenters. The molecule has 7 heteroatoms. The van der Waals surface area contributed by atoms with E-state index >= 15 is 0 Å². The third-order valence-corrected chi connectivity index (χ3v) is 3.33. The fraction of sp³-hybridized carbons (Fsp3) is 0.667. The summed E-state index contributed by atoms with van der Waals surface area (Å²) in [7, 11) is 3.67. The average molecular weight is 315 g/mol. The van der Waals surface area contributed by atoms with Crippen molar-refractivity contribution in [1.82, 2.24) is 4.90 Å². The first-order chi connectivity index (χ1) is 10.3. The molecule has 0 spiro atoms. The summed E-state index contributed by atoms with van der Waals surface area (Å²) < 4.78 is 14.1. The van der Waals surface area contributed by atoms with Crippen molar-refractivity contribution in [2.75, 3.05) is 27.9 Å². The molecule has 0 heterocycles. The summed E-state index contributed by atoms with van der Waals surface area (Å²) in [5, 5.41) is 0. The summed E-state index contributed by atoms with van der Waals surface area (Å²) in [6, 6.07) is 0. The number of hydrogen-bond acceptors (Lipinski definition) is 6. The zero-order valence-electron chi connectivity index (χ0n) is 14.1. The molecule has 0 aromatic rings. The molecule has 0 aromatic carbocycles. The zero-order chi connectivity index (χ0) is 17.3. The van der Waals surface area contributed by atoms with Crippen LogP contribution in [0.1, 0.15) is 33.6 Å². The first-order valence-corrected chi connectivity index (χ1v) is 7.00. The maximum Gasteiger partial charge on any atom is 0.410 e. The fourth-order valence-electron chi connectivity index (χ4n) is 1.94. The van der Waals surface area contributed by atoms with Gasteiger partial charge in [-0.1, -0.05) is 13.3 Å². The van der Waals surface area contributed by atoms with Gasteiger partial charge in [-0.25, -0.2) is 14.4 Å². The molecule has 0 unspecified atom stereocenters. The van der Waals surface area contributed by atoms with Gasteiger partial charge in [0, 0.05) is 12.6 Å². The van der Waals surface area contributed by atoms with Gasteiger partial charge in [0.1, 0.15) is 0 Å². The van der Waals surface area contributed by atoms with Crippen molar-refractivity contribution in [3.63, 3.8) is 0 Å². The first kappa shape index (κ1) is 19.9. The lowest BCUT2D eigenvalue weighted by molar-refractivity contribution is -0.139. The molecule has 126 valence electrons. The van der Waals surface area contributed by atoms with Gasteiger partial charge >= 0.3 is 18.0 Å². The summed E-state index contributed by atoms with van der Waals surface area (Å²) in [6.07, 6.45) is 2.04. The van der Waals surface area contributed by atoms with E-state index in [2.05, 4.69) is 4.74 Å². The second-order valence-corrected chi connectivity index (χ2v) is 5.11. The molecule has 0 aromatic heterocycles. The molecule has 0 aliphatic rings. The van der Waals surface area contributed by atoms with E-state index in [0.29, 0.717) is 6.54 Å². The third-order valence-electron chi connectivity index (χ3n) is 3.33. The van der Waals surface area contributed by atoms with E-state index in [0.717, 1.165) is 18.9 Å². The standard InChI is InChI=1S/C15H25NO6/c1-7-8-9-16(14(19)22-6)15(2,3)11(13(18)21-5)10-12(17)20-4/h10H,7-9H2,1-6H3/b11-10+. The minimum atomic E-state index is -1.09. The Bertz CT molecular complexity index is 441. The molecule has 0 radical (unpaired) electrons. The largest absolute Gasteiger partial charge is 0.466 e. The van der Waals surface area contributed by atoms with Crippen LogP contribution in [-0.4, -0.2) is 56.3 Å². The average Bonchev–Trinajstić information content (AvgIpc) is 2.50. The molecule has 7 nitrogen and oxygen atoms in total. The Kier molecular flexibility index (Phi) is 8.22. The van der Waals surface area contributed by atoms with E-state index in [9.17, 15) is 14.4 Å².